The zero-order valence-corrected chi connectivity index (χ0v) is 16.3. The highest BCUT2D eigenvalue weighted by Gasteiger charge is 2.54. The van der Waals surface area contributed by atoms with Gasteiger partial charge in [0.05, 0.1) is 10.6 Å². The van der Waals surface area contributed by atoms with E-state index in [1.54, 1.807) is 17.5 Å². The first-order valence-corrected chi connectivity index (χ1v) is 11.0. The summed E-state index contributed by atoms with van der Waals surface area (Å²) in [6.07, 6.45) is 11.3. The molecule has 2 aromatic heterocycles. The second-order valence-electron chi connectivity index (χ2n) is 8.97. The number of carbonyl (C=O) groups is 1. The molecule has 142 valence electrons. The van der Waals surface area contributed by atoms with E-state index in [9.17, 15) is 9.90 Å². The molecule has 0 aromatic carbocycles. The molecule has 4 saturated carbocycles. The molecule has 0 saturated heterocycles. The topological polar surface area (TPSA) is 63.1 Å². The Labute approximate surface area is 164 Å². The van der Waals surface area contributed by atoms with Crippen molar-refractivity contribution in [2.24, 2.45) is 23.7 Å². The zero-order chi connectivity index (χ0) is 18.4. The summed E-state index contributed by atoms with van der Waals surface area (Å²) in [5.41, 5.74) is 1.43. The Kier molecular flexibility index (Phi) is 4.40. The fourth-order valence-electron chi connectivity index (χ4n) is 6.09. The van der Waals surface area contributed by atoms with E-state index in [0.29, 0.717) is 35.8 Å². The predicted octanol–water partition coefficient (Wildman–Crippen LogP) is 4.08. The Morgan fingerprint density at radius 1 is 1.22 bits per heavy atom. The molecule has 0 spiro atoms. The van der Waals surface area contributed by atoms with Crippen LogP contribution in [-0.4, -0.2) is 26.5 Å². The normalized spacial score (nSPS) is 34.1. The number of hydrogen-bond donors (Lipinski definition) is 1. The summed E-state index contributed by atoms with van der Waals surface area (Å²) in [6.45, 7) is 0. The predicted molar refractivity (Wildman–Crippen MR) is 105 cm³/mol. The number of hydrogen-bond acceptors (Lipinski definition) is 5. The van der Waals surface area contributed by atoms with Gasteiger partial charge in [-0.25, -0.2) is 4.98 Å². The SMILES string of the molecule is O=C(CC1C2CC3CC1CC(O)(C3)C2)c1csc(CCc2cccnc2)n1. The third kappa shape index (κ3) is 3.47. The number of ketones is 1. The Hall–Kier alpha value is -1.59. The summed E-state index contributed by atoms with van der Waals surface area (Å²) in [5.74, 6) is 2.41. The van der Waals surface area contributed by atoms with Crippen LogP contribution in [0.2, 0.25) is 0 Å². The molecular formula is C22H26N2O2S. The van der Waals surface area contributed by atoms with Crippen LogP contribution in [0.4, 0.5) is 0 Å². The quantitative estimate of drug-likeness (QED) is 0.765. The van der Waals surface area contributed by atoms with Crippen molar-refractivity contribution in [3.05, 3.63) is 46.2 Å². The van der Waals surface area contributed by atoms with Gasteiger partial charge in [-0.05, 0) is 73.8 Å². The number of aliphatic hydroxyl groups is 1. The summed E-state index contributed by atoms with van der Waals surface area (Å²) < 4.78 is 0. The van der Waals surface area contributed by atoms with Crippen LogP contribution in [-0.2, 0) is 12.8 Å². The van der Waals surface area contributed by atoms with E-state index >= 15 is 0 Å². The van der Waals surface area contributed by atoms with Crippen molar-refractivity contribution in [1.29, 1.82) is 0 Å². The molecular weight excluding hydrogens is 356 g/mol. The lowest BCUT2D eigenvalue weighted by molar-refractivity contribution is -0.151. The van der Waals surface area contributed by atoms with E-state index in [4.69, 9.17) is 0 Å². The van der Waals surface area contributed by atoms with Gasteiger partial charge in [0.1, 0.15) is 5.69 Å². The highest BCUT2D eigenvalue weighted by molar-refractivity contribution is 7.09. The van der Waals surface area contributed by atoms with Gasteiger partial charge in [0.2, 0.25) is 0 Å². The fraction of sp³-hybridized carbons (Fsp3) is 0.591. The minimum atomic E-state index is -0.420. The molecule has 4 aliphatic carbocycles. The summed E-state index contributed by atoms with van der Waals surface area (Å²) in [6, 6.07) is 4.03. The molecule has 2 atom stereocenters. The average molecular weight is 383 g/mol. The first-order chi connectivity index (χ1) is 13.1. The molecule has 2 unspecified atom stereocenters. The molecule has 0 radical (unpaired) electrons. The monoisotopic (exact) mass is 382 g/mol. The first-order valence-electron chi connectivity index (χ1n) is 10.2. The van der Waals surface area contributed by atoms with Crippen molar-refractivity contribution in [3.63, 3.8) is 0 Å². The lowest BCUT2D eigenvalue weighted by Gasteiger charge is -2.58. The number of carbonyl (C=O) groups excluding carboxylic acids is 1. The molecule has 0 amide bonds. The Morgan fingerprint density at radius 2 is 2.04 bits per heavy atom. The largest absolute Gasteiger partial charge is 0.390 e. The number of pyridine rings is 1. The molecule has 4 aliphatic rings. The molecule has 2 aromatic rings. The standard InChI is InChI=1S/C22H26N2O2S/c25-20(8-18-16-6-15-7-17(18)11-22(26,9-15)10-16)19-13-27-21(24-19)4-3-14-2-1-5-23-12-14/h1-2,5,12-13,15-18,26H,3-4,6-11H2. The molecule has 4 nitrogen and oxygen atoms in total. The molecule has 5 heteroatoms. The number of nitrogens with zero attached hydrogens (tertiary/aromatic N) is 2. The van der Waals surface area contributed by atoms with Gasteiger partial charge in [-0.15, -0.1) is 11.3 Å². The summed E-state index contributed by atoms with van der Waals surface area (Å²) in [4.78, 5) is 21.6. The second-order valence-corrected chi connectivity index (χ2v) is 9.92. The van der Waals surface area contributed by atoms with E-state index in [1.807, 2.05) is 17.6 Å². The van der Waals surface area contributed by atoms with Gasteiger partial charge in [0.25, 0.3) is 0 Å². The maximum Gasteiger partial charge on any atom is 0.182 e. The molecule has 27 heavy (non-hydrogen) atoms. The lowest BCUT2D eigenvalue weighted by atomic mass is 9.49. The zero-order valence-electron chi connectivity index (χ0n) is 15.5. The summed E-state index contributed by atoms with van der Waals surface area (Å²) >= 11 is 1.59. The lowest BCUT2D eigenvalue weighted by Crippen LogP contribution is -2.54. The van der Waals surface area contributed by atoms with Crippen LogP contribution in [0, 0.1) is 23.7 Å². The van der Waals surface area contributed by atoms with E-state index in [2.05, 4.69) is 16.0 Å². The smallest absolute Gasteiger partial charge is 0.182 e. The minimum Gasteiger partial charge on any atom is -0.390 e. The number of thiazole rings is 1. The number of aryl methyl sites for hydroxylation is 2. The van der Waals surface area contributed by atoms with Crippen LogP contribution >= 0.6 is 11.3 Å². The van der Waals surface area contributed by atoms with Gasteiger partial charge < -0.3 is 5.11 Å². The second kappa shape index (κ2) is 6.78. The highest BCUT2D eigenvalue weighted by atomic mass is 32.1. The molecule has 0 aliphatic heterocycles. The highest BCUT2D eigenvalue weighted by Crippen LogP contribution is 2.59. The maximum atomic E-state index is 12.9. The van der Waals surface area contributed by atoms with Gasteiger partial charge in [-0.1, -0.05) is 6.07 Å². The van der Waals surface area contributed by atoms with E-state index in [1.165, 1.54) is 18.4 Å². The van der Waals surface area contributed by atoms with Crippen LogP contribution in [0.5, 0.6) is 0 Å². The summed E-state index contributed by atoms with van der Waals surface area (Å²) in [5, 5.41) is 13.7. The van der Waals surface area contributed by atoms with Crippen molar-refractivity contribution in [2.45, 2.75) is 57.0 Å². The molecule has 4 bridgehead atoms. The van der Waals surface area contributed by atoms with Crippen molar-refractivity contribution in [2.75, 3.05) is 0 Å². The molecule has 4 fully saturated rings. The fourth-order valence-corrected chi connectivity index (χ4v) is 6.89. The van der Waals surface area contributed by atoms with E-state index in [0.717, 1.165) is 37.1 Å². The van der Waals surface area contributed by atoms with Gasteiger partial charge >= 0.3 is 0 Å². The van der Waals surface area contributed by atoms with Crippen molar-refractivity contribution in [1.82, 2.24) is 9.97 Å². The third-order valence-corrected chi connectivity index (χ3v) is 7.95. The van der Waals surface area contributed by atoms with Gasteiger partial charge in [-0.2, -0.15) is 0 Å². The van der Waals surface area contributed by atoms with Crippen LogP contribution in [0.15, 0.2) is 29.9 Å². The van der Waals surface area contributed by atoms with Crippen molar-refractivity contribution < 1.29 is 9.90 Å². The molecule has 1 N–H and O–H groups in total. The van der Waals surface area contributed by atoms with Gasteiger partial charge in [0.15, 0.2) is 5.78 Å². The summed E-state index contributed by atoms with van der Waals surface area (Å²) in [7, 11) is 0. The van der Waals surface area contributed by atoms with Crippen LogP contribution < -0.4 is 0 Å². The first kappa shape index (κ1) is 17.5. The van der Waals surface area contributed by atoms with Gasteiger partial charge in [-0.3, -0.25) is 9.78 Å². The Morgan fingerprint density at radius 3 is 2.74 bits per heavy atom. The molecule has 2 heterocycles. The van der Waals surface area contributed by atoms with Crippen LogP contribution in [0.1, 0.15) is 59.6 Å². The van der Waals surface area contributed by atoms with Crippen LogP contribution in [0.25, 0.3) is 0 Å². The number of aromatic nitrogens is 2. The number of Topliss-reactive ketones (excluding diaryl/α,β-unsaturated/α-hetero) is 1. The Balaban J connectivity index is 1.21. The minimum absolute atomic E-state index is 0.198. The van der Waals surface area contributed by atoms with Crippen molar-refractivity contribution >= 4 is 17.1 Å². The number of rotatable bonds is 6. The van der Waals surface area contributed by atoms with Crippen LogP contribution in [0.3, 0.4) is 0 Å². The van der Waals surface area contributed by atoms with Gasteiger partial charge in [0, 0.05) is 30.6 Å². The average Bonchev–Trinajstić information content (AvgIpc) is 3.12. The van der Waals surface area contributed by atoms with E-state index in [-0.39, 0.29) is 5.78 Å². The van der Waals surface area contributed by atoms with E-state index < -0.39 is 5.60 Å². The maximum absolute atomic E-state index is 12.9. The molecule has 6 rings (SSSR count). The van der Waals surface area contributed by atoms with Crippen molar-refractivity contribution in [3.8, 4) is 0 Å². The third-order valence-electron chi connectivity index (χ3n) is 7.04. The Bertz CT molecular complexity index is 818.